The second-order valence-electron chi connectivity index (χ2n) is 4.51. The quantitative estimate of drug-likeness (QED) is 0.714. The Balaban J connectivity index is 2.06. The lowest BCUT2D eigenvalue weighted by Gasteiger charge is -2.37. The Bertz CT molecular complexity index is 439. The van der Waals surface area contributed by atoms with Gasteiger partial charge >= 0.3 is 6.09 Å². The molecule has 1 unspecified atom stereocenters. The molecule has 3 heterocycles. The van der Waals surface area contributed by atoms with Gasteiger partial charge in [-0.15, -0.1) is 0 Å². The van der Waals surface area contributed by atoms with Gasteiger partial charge in [-0.1, -0.05) is 0 Å². The maximum absolute atomic E-state index is 11.6. The first-order chi connectivity index (χ1) is 8.30. The minimum atomic E-state index is -0.491. The number of ether oxygens (including phenoxy) is 1. The van der Waals surface area contributed by atoms with Gasteiger partial charge in [0.1, 0.15) is 11.4 Å². The SMILES string of the molecule is O=C1Nc2ncccc2C2(CCCNCC2)O1. The molecule has 1 aromatic rings. The van der Waals surface area contributed by atoms with E-state index in [1.165, 1.54) is 0 Å². The topological polar surface area (TPSA) is 63.2 Å². The van der Waals surface area contributed by atoms with Crippen molar-refractivity contribution in [3.63, 3.8) is 0 Å². The highest BCUT2D eigenvalue weighted by molar-refractivity contribution is 5.87. The summed E-state index contributed by atoms with van der Waals surface area (Å²) < 4.78 is 5.59. The molecule has 90 valence electrons. The third-order valence-corrected chi connectivity index (χ3v) is 3.45. The van der Waals surface area contributed by atoms with Gasteiger partial charge < -0.3 is 10.1 Å². The van der Waals surface area contributed by atoms with Crippen LogP contribution in [-0.2, 0) is 10.3 Å². The third kappa shape index (κ3) is 1.76. The van der Waals surface area contributed by atoms with E-state index in [0.717, 1.165) is 37.9 Å². The summed E-state index contributed by atoms with van der Waals surface area (Å²) in [6, 6.07) is 3.88. The second kappa shape index (κ2) is 4.00. The first-order valence-electron chi connectivity index (χ1n) is 5.96. The highest BCUT2D eigenvalue weighted by Crippen LogP contribution is 2.41. The molecule has 1 aromatic heterocycles. The van der Waals surface area contributed by atoms with Gasteiger partial charge in [0, 0.05) is 18.2 Å². The molecule has 2 aliphatic heterocycles. The lowest BCUT2D eigenvalue weighted by Crippen LogP contribution is -2.40. The largest absolute Gasteiger partial charge is 0.438 e. The van der Waals surface area contributed by atoms with Crippen molar-refractivity contribution < 1.29 is 9.53 Å². The van der Waals surface area contributed by atoms with E-state index in [-0.39, 0.29) is 0 Å². The molecule has 0 saturated carbocycles. The number of carbonyl (C=O) groups excluding carboxylic acids is 1. The molecule has 1 saturated heterocycles. The van der Waals surface area contributed by atoms with Crippen LogP contribution in [0, 0.1) is 0 Å². The van der Waals surface area contributed by atoms with Gasteiger partial charge in [0.15, 0.2) is 0 Å². The van der Waals surface area contributed by atoms with Gasteiger partial charge in [-0.2, -0.15) is 0 Å². The molecule has 17 heavy (non-hydrogen) atoms. The van der Waals surface area contributed by atoms with E-state index in [1.54, 1.807) is 6.20 Å². The molecular weight excluding hydrogens is 218 g/mol. The van der Waals surface area contributed by atoms with E-state index in [4.69, 9.17) is 4.74 Å². The Morgan fingerprint density at radius 3 is 3.24 bits per heavy atom. The number of anilines is 1. The number of nitrogens with zero attached hydrogens (tertiary/aromatic N) is 1. The number of carbonyl (C=O) groups is 1. The number of rotatable bonds is 0. The average Bonchev–Trinajstić information content (AvgIpc) is 2.55. The monoisotopic (exact) mass is 233 g/mol. The van der Waals surface area contributed by atoms with Crippen molar-refractivity contribution >= 4 is 11.9 Å². The van der Waals surface area contributed by atoms with Crippen molar-refractivity contribution in [1.82, 2.24) is 10.3 Å². The van der Waals surface area contributed by atoms with Crippen molar-refractivity contribution in [2.75, 3.05) is 18.4 Å². The zero-order chi connectivity index (χ0) is 11.7. The predicted molar refractivity (Wildman–Crippen MR) is 62.7 cm³/mol. The molecule has 1 spiro atoms. The van der Waals surface area contributed by atoms with Gasteiger partial charge in [0.25, 0.3) is 0 Å². The fourth-order valence-electron chi connectivity index (χ4n) is 2.64. The number of aromatic nitrogens is 1. The van der Waals surface area contributed by atoms with Gasteiger partial charge in [0.05, 0.1) is 0 Å². The Hall–Kier alpha value is -1.62. The highest BCUT2D eigenvalue weighted by atomic mass is 16.6. The van der Waals surface area contributed by atoms with Crippen LogP contribution in [-0.4, -0.2) is 24.2 Å². The average molecular weight is 233 g/mol. The summed E-state index contributed by atoms with van der Waals surface area (Å²) in [6.45, 7) is 1.84. The molecule has 1 fully saturated rings. The summed E-state index contributed by atoms with van der Waals surface area (Å²) in [5, 5.41) is 5.99. The predicted octanol–water partition coefficient (Wildman–Crippen LogP) is 1.61. The molecule has 3 rings (SSSR count). The summed E-state index contributed by atoms with van der Waals surface area (Å²) in [6.07, 6.45) is 3.96. The van der Waals surface area contributed by atoms with Crippen LogP contribution < -0.4 is 10.6 Å². The first kappa shape index (κ1) is 10.5. The summed E-state index contributed by atoms with van der Waals surface area (Å²) in [7, 11) is 0. The van der Waals surface area contributed by atoms with Gasteiger partial charge in [-0.05, 0) is 38.1 Å². The maximum Gasteiger partial charge on any atom is 0.413 e. The molecule has 0 bridgehead atoms. The molecule has 0 aliphatic carbocycles. The second-order valence-corrected chi connectivity index (χ2v) is 4.51. The van der Waals surface area contributed by atoms with E-state index >= 15 is 0 Å². The summed E-state index contributed by atoms with van der Waals surface area (Å²) in [5.41, 5.74) is 0.512. The van der Waals surface area contributed by atoms with Crippen LogP contribution in [0.3, 0.4) is 0 Å². The van der Waals surface area contributed by atoms with E-state index < -0.39 is 11.7 Å². The number of amides is 1. The van der Waals surface area contributed by atoms with E-state index in [2.05, 4.69) is 15.6 Å². The lowest BCUT2D eigenvalue weighted by molar-refractivity contribution is 0.00100. The Morgan fingerprint density at radius 1 is 1.35 bits per heavy atom. The van der Waals surface area contributed by atoms with Crippen molar-refractivity contribution in [3.05, 3.63) is 23.9 Å². The summed E-state index contributed by atoms with van der Waals surface area (Å²) in [4.78, 5) is 15.8. The molecule has 0 radical (unpaired) electrons. The van der Waals surface area contributed by atoms with Crippen LogP contribution in [0.4, 0.5) is 10.6 Å². The summed E-state index contributed by atoms with van der Waals surface area (Å²) >= 11 is 0. The van der Waals surface area contributed by atoms with E-state index in [0.29, 0.717) is 5.82 Å². The van der Waals surface area contributed by atoms with Crippen molar-refractivity contribution in [2.24, 2.45) is 0 Å². The standard InChI is InChI=1S/C12H15N3O2/c16-11-15-10-9(3-1-7-14-10)12(17-11)4-2-6-13-8-5-12/h1,3,7,13H,2,4-6,8H2,(H,14,15,16). The molecule has 0 aromatic carbocycles. The zero-order valence-corrected chi connectivity index (χ0v) is 9.53. The van der Waals surface area contributed by atoms with Crippen LogP contribution in [0.2, 0.25) is 0 Å². The number of nitrogens with one attached hydrogen (secondary N) is 2. The molecule has 5 nitrogen and oxygen atoms in total. The fraction of sp³-hybridized carbons (Fsp3) is 0.500. The number of hydrogen-bond donors (Lipinski definition) is 2. The molecule has 2 N–H and O–H groups in total. The number of fused-ring (bicyclic) bond motifs is 2. The minimum Gasteiger partial charge on any atom is -0.438 e. The van der Waals surface area contributed by atoms with Crippen molar-refractivity contribution in [2.45, 2.75) is 24.9 Å². The van der Waals surface area contributed by atoms with Crippen LogP contribution in [0.25, 0.3) is 0 Å². The van der Waals surface area contributed by atoms with Crippen LogP contribution in [0.5, 0.6) is 0 Å². The summed E-state index contributed by atoms with van der Waals surface area (Å²) in [5.74, 6) is 0.644. The van der Waals surface area contributed by atoms with Crippen LogP contribution in [0.1, 0.15) is 24.8 Å². The van der Waals surface area contributed by atoms with Crippen molar-refractivity contribution in [1.29, 1.82) is 0 Å². The lowest BCUT2D eigenvalue weighted by atomic mass is 9.86. The highest BCUT2D eigenvalue weighted by Gasteiger charge is 2.42. The van der Waals surface area contributed by atoms with Gasteiger partial charge in [0.2, 0.25) is 0 Å². The Kier molecular flexibility index (Phi) is 2.48. The van der Waals surface area contributed by atoms with E-state index in [9.17, 15) is 4.79 Å². The maximum atomic E-state index is 11.6. The molecule has 5 heteroatoms. The number of hydrogen-bond acceptors (Lipinski definition) is 4. The molecule has 2 aliphatic rings. The number of pyridine rings is 1. The third-order valence-electron chi connectivity index (χ3n) is 3.45. The molecular formula is C12H15N3O2. The van der Waals surface area contributed by atoms with Gasteiger partial charge in [-0.25, -0.2) is 9.78 Å². The Morgan fingerprint density at radius 2 is 2.29 bits per heavy atom. The van der Waals surface area contributed by atoms with Crippen molar-refractivity contribution in [3.8, 4) is 0 Å². The first-order valence-corrected chi connectivity index (χ1v) is 5.96. The van der Waals surface area contributed by atoms with Crippen LogP contribution >= 0.6 is 0 Å². The van der Waals surface area contributed by atoms with E-state index in [1.807, 2.05) is 12.1 Å². The zero-order valence-electron chi connectivity index (χ0n) is 9.53. The minimum absolute atomic E-state index is 0.391. The fourth-order valence-corrected chi connectivity index (χ4v) is 2.64. The normalized spacial score (nSPS) is 27.9. The van der Waals surface area contributed by atoms with Crippen LogP contribution in [0.15, 0.2) is 18.3 Å². The Labute approximate surface area is 99.6 Å². The molecule has 1 amide bonds. The van der Waals surface area contributed by atoms with Gasteiger partial charge in [-0.3, -0.25) is 5.32 Å². The smallest absolute Gasteiger partial charge is 0.413 e. The molecule has 1 atom stereocenters.